The van der Waals surface area contributed by atoms with E-state index in [1.54, 1.807) is 13.2 Å². The molecule has 0 saturated carbocycles. The van der Waals surface area contributed by atoms with Crippen LogP contribution in [0.5, 0.6) is 5.75 Å². The molecule has 1 aromatic carbocycles. The van der Waals surface area contributed by atoms with Gasteiger partial charge in [-0.05, 0) is 12.1 Å². The van der Waals surface area contributed by atoms with Gasteiger partial charge in [0.15, 0.2) is 0 Å². The molecule has 0 bridgehead atoms. The van der Waals surface area contributed by atoms with Crippen molar-refractivity contribution in [2.75, 3.05) is 12.4 Å². The first-order chi connectivity index (χ1) is 11.2. The highest BCUT2D eigenvalue weighted by molar-refractivity contribution is 5.62. The Morgan fingerprint density at radius 1 is 1.13 bits per heavy atom. The number of alkyl halides is 2. The van der Waals surface area contributed by atoms with E-state index in [0.717, 1.165) is 0 Å². The molecule has 7 nitrogen and oxygen atoms in total. The minimum absolute atomic E-state index is 0.0656. The maximum atomic E-state index is 12.4. The van der Waals surface area contributed by atoms with E-state index in [9.17, 15) is 8.78 Å². The van der Waals surface area contributed by atoms with E-state index in [2.05, 4.69) is 25.5 Å². The zero-order valence-electron chi connectivity index (χ0n) is 11.9. The molecule has 9 heteroatoms. The molecular formula is C14H11F2N5O2. The van der Waals surface area contributed by atoms with Crippen LogP contribution in [0.4, 0.5) is 20.4 Å². The van der Waals surface area contributed by atoms with Gasteiger partial charge in [-0.3, -0.25) is 0 Å². The van der Waals surface area contributed by atoms with Crippen LogP contribution in [-0.4, -0.2) is 27.3 Å². The number of aromatic nitrogens is 4. The molecule has 3 aromatic rings. The van der Waals surface area contributed by atoms with Gasteiger partial charge in [0.1, 0.15) is 5.75 Å². The van der Waals surface area contributed by atoms with Gasteiger partial charge in [-0.2, -0.15) is 8.78 Å². The molecule has 0 aliphatic rings. The quantitative estimate of drug-likeness (QED) is 0.772. The average Bonchev–Trinajstić information content (AvgIpc) is 3.06. The van der Waals surface area contributed by atoms with Crippen LogP contribution in [0.1, 0.15) is 12.3 Å². The van der Waals surface area contributed by atoms with Gasteiger partial charge in [0.25, 0.3) is 11.8 Å². The van der Waals surface area contributed by atoms with Crippen LogP contribution in [0.25, 0.3) is 11.5 Å². The number of benzene rings is 1. The van der Waals surface area contributed by atoms with Gasteiger partial charge >= 0.3 is 6.43 Å². The summed E-state index contributed by atoms with van der Waals surface area (Å²) in [6.45, 7) is 0. The second-order valence-corrected chi connectivity index (χ2v) is 4.37. The van der Waals surface area contributed by atoms with Crippen LogP contribution in [0, 0.1) is 0 Å². The van der Waals surface area contributed by atoms with E-state index >= 15 is 0 Å². The molecule has 0 radical (unpaired) electrons. The first kappa shape index (κ1) is 14.8. The lowest BCUT2D eigenvalue weighted by atomic mass is 10.3. The zero-order valence-corrected chi connectivity index (χ0v) is 11.9. The molecule has 23 heavy (non-hydrogen) atoms. The van der Waals surface area contributed by atoms with Crippen LogP contribution < -0.4 is 10.1 Å². The van der Waals surface area contributed by atoms with Crippen molar-refractivity contribution in [1.82, 2.24) is 20.2 Å². The second-order valence-electron chi connectivity index (χ2n) is 4.37. The van der Waals surface area contributed by atoms with Gasteiger partial charge in [-0.15, -0.1) is 10.2 Å². The summed E-state index contributed by atoms with van der Waals surface area (Å²) in [6, 6.07) is 7.28. The maximum Gasteiger partial charge on any atom is 0.314 e. The fourth-order valence-electron chi connectivity index (χ4n) is 1.81. The monoisotopic (exact) mass is 319 g/mol. The van der Waals surface area contributed by atoms with Gasteiger partial charge in [-0.25, -0.2) is 9.97 Å². The number of ether oxygens (including phenoxy) is 1. The molecule has 0 fully saturated rings. The third-order valence-electron chi connectivity index (χ3n) is 2.88. The number of nitrogens with zero attached hydrogens (tertiary/aromatic N) is 4. The summed E-state index contributed by atoms with van der Waals surface area (Å²) >= 11 is 0. The Morgan fingerprint density at radius 3 is 2.52 bits per heavy atom. The molecule has 0 atom stereocenters. The zero-order chi connectivity index (χ0) is 16.2. The van der Waals surface area contributed by atoms with Crippen LogP contribution in [0.15, 0.2) is 41.1 Å². The Hall–Kier alpha value is -3.10. The summed E-state index contributed by atoms with van der Waals surface area (Å²) in [5.74, 6) is 0.144. The third-order valence-corrected chi connectivity index (χ3v) is 2.88. The minimum Gasteiger partial charge on any atom is -0.495 e. The van der Waals surface area contributed by atoms with Crippen molar-refractivity contribution in [3.8, 4) is 17.2 Å². The van der Waals surface area contributed by atoms with Gasteiger partial charge in [-0.1, -0.05) is 12.1 Å². The standard InChI is InChI=1S/C14H11F2N5O2/c1-22-10-5-3-2-4-9(10)19-14-17-6-8(7-18-14)12-20-21-13(23-12)11(15)16/h2-7,11H,1H3,(H,17,18,19). The van der Waals surface area contributed by atoms with Crippen molar-refractivity contribution in [3.05, 3.63) is 42.5 Å². The molecule has 2 aromatic heterocycles. The van der Waals surface area contributed by atoms with Crippen molar-refractivity contribution in [2.24, 2.45) is 0 Å². The summed E-state index contributed by atoms with van der Waals surface area (Å²) in [5, 5.41) is 9.77. The van der Waals surface area contributed by atoms with Gasteiger partial charge < -0.3 is 14.5 Å². The lowest BCUT2D eigenvalue weighted by molar-refractivity contribution is 0.116. The summed E-state index contributed by atoms with van der Waals surface area (Å²) < 4.78 is 34.9. The molecule has 0 spiro atoms. The SMILES string of the molecule is COc1ccccc1Nc1ncc(-c2nnc(C(F)F)o2)cn1. The highest BCUT2D eigenvalue weighted by atomic mass is 19.3. The topological polar surface area (TPSA) is 86.0 Å². The molecule has 1 N–H and O–H groups in total. The van der Waals surface area contributed by atoms with Gasteiger partial charge in [0.05, 0.1) is 18.4 Å². The van der Waals surface area contributed by atoms with Crippen molar-refractivity contribution < 1.29 is 17.9 Å². The van der Waals surface area contributed by atoms with Crippen LogP contribution >= 0.6 is 0 Å². The lowest BCUT2D eigenvalue weighted by Gasteiger charge is -2.09. The number of hydrogen-bond acceptors (Lipinski definition) is 7. The average molecular weight is 319 g/mol. The summed E-state index contributed by atoms with van der Waals surface area (Å²) in [4.78, 5) is 8.17. The first-order valence-electron chi connectivity index (χ1n) is 6.51. The Labute approximate surface area is 129 Å². The molecule has 0 saturated heterocycles. The number of hydrogen-bond donors (Lipinski definition) is 1. The highest BCUT2D eigenvalue weighted by Crippen LogP contribution is 2.26. The van der Waals surface area contributed by atoms with Crippen molar-refractivity contribution in [1.29, 1.82) is 0 Å². The van der Waals surface area contributed by atoms with Crippen LogP contribution in [0.2, 0.25) is 0 Å². The fourth-order valence-corrected chi connectivity index (χ4v) is 1.81. The van der Waals surface area contributed by atoms with E-state index < -0.39 is 12.3 Å². The molecule has 3 rings (SSSR count). The minimum atomic E-state index is -2.82. The van der Waals surface area contributed by atoms with Crippen molar-refractivity contribution in [3.63, 3.8) is 0 Å². The smallest absolute Gasteiger partial charge is 0.314 e. The number of rotatable bonds is 5. The molecule has 118 valence electrons. The van der Waals surface area contributed by atoms with E-state index in [1.807, 2.05) is 18.2 Å². The van der Waals surface area contributed by atoms with Crippen molar-refractivity contribution in [2.45, 2.75) is 6.43 Å². The summed E-state index contributed by atoms with van der Waals surface area (Å²) in [6.07, 6.45) is -0.0234. The fraction of sp³-hybridized carbons (Fsp3) is 0.143. The molecule has 0 unspecified atom stereocenters. The normalized spacial score (nSPS) is 10.8. The number of nitrogens with one attached hydrogen (secondary N) is 1. The number of anilines is 2. The molecule has 0 aliphatic heterocycles. The molecule has 0 aliphatic carbocycles. The summed E-state index contributed by atoms with van der Waals surface area (Å²) in [7, 11) is 1.56. The van der Waals surface area contributed by atoms with Crippen molar-refractivity contribution >= 4 is 11.6 Å². The predicted octanol–water partition coefficient (Wildman–Crippen LogP) is 3.22. The van der Waals surface area contributed by atoms with Gasteiger partial charge in [0.2, 0.25) is 5.95 Å². The Bertz CT molecular complexity index is 792. The van der Waals surface area contributed by atoms with E-state index in [0.29, 0.717) is 22.9 Å². The lowest BCUT2D eigenvalue weighted by Crippen LogP contribution is -1.99. The van der Waals surface area contributed by atoms with Crippen LogP contribution in [0.3, 0.4) is 0 Å². The third kappa shape index (κ3) is 3.23. The van der Waals surface area contributed by atoms with E-state index in [1.165, 1.54) is 12.4 Å². The molecule has 2 heterocycles. The Kier molecular flexibility index (Phi) is 4.09. The highest BCUT2D eigenvalue weighted by Gasteiger charge is 2.17. The molecular weight excluding hydrogens is 308 g/mol. The maximum absolute atomic E-state index is 12.4. The number of methoxy groups -OCH3 is 1. The first-order valence-corrected chi connectivity index (χ1v) is 6.51. The van der Waals surface area contributed by atoms with E-state index in [4.69, 9.17) is 9.15 Å². The second kappa shape index (κ2) is 6.34. The number of para-hydroxylation sites is 2. The molecule has 0 amide bonds. The van der Waals surface area contributed by atoms with E-state index in [-0.39, 0.29) is 5.89 Å². The largest absolute Gasteiger partial charge is 0.495 e. The summed E-state index contributed by atoms with van der Waals surface area (Å²) in [5.41, 5.74) is 1.04. The predicted molar refractivity (Wildman–Crippen MR) is 76.6 cm³/mol. The Balaban J connectivity index is 1.79. The van der Waals surface area contributed by atoms with Crippen LogP contribution in [-0.2, 0) is 0 Å². The Morgan fingerprint density at radius 2 is 1.87 bits per heavy atom. The van der Waals surface area contributed by atoms with Gasteiger partial charge in [0, 0.05) is 12.4 Å². The number of halogens is 2.